The monoisotopic (exact) mass is 607 g/mol. The number of fused-ring (bicyclic) bond motifs is 2. The number of nitrogens with zero attached hydrogens (tertiary/aromatic N) is 5. The van der Waals surface area contributed by atoms with Crippen LogP contribution < -0.4 is 10.3 Å². The average Bonchev–Trinajstić information content (AvgIpc) is 3.31. The SMILES string of the molecule is CCn1cc(C(=O)O)c(=O)c2cc(F)c(N3CCN(Cc4nc5ccccc5n4Cc4ccc(Cl)cc4Cl)CC3)cc21. The van der Waals surface area contributed by atoms with Crippen molar-refractivity contribution in [1.29, 1.82) is 0 Å². The Balaban J connectivity index is 1.24. The molecule has 1 fully saturated rings. The van der Waals surface area contributed by atoms with E-state index in [1.165, 1.54) is 12.3 Å². The van der Waals surface area contributed by atoms with Gasteiger partial charge in [-0.2, -0.15) is 0 Å². The zero-order chi connectivity index (χ0) is 29.5. The van der Waals surface area contributed by atoms with Crippen LogP contribution in [0, 0.1) is 5.82 Å². The van der Waals surface area contributed by atoms with Crippen LogP contribution in [-0.4, -0.2) is 56.3 Å². The number of carbonyl (C=O) groups is 1. The average molecular weight is 609 g/mol. The van der Waals surface area contributed by atoms with Gasteiger partial charge in [-0.05, 0) is 48.9 Å². The normalized spacial score (nSPS) is 14.2. The Hall–Kier alpha value is -3.92. The predicted octanol–water partition coefficient (Wildman–Crippen LogP) is 5.89. The highest BCUT2D eigenvalue weighted by Crippen LogP contribution is 2.28. The number of piperazine rings is 1. The van der Waals surface area contributed by atoms with E-state index >= 15 is 4.39 Å². The van der Waals surface area contributed by atoms with Crippen LogP contribution in [0.4, 0.5) is 10.1 Å². The Bertz CT molecular complexity index is 1900. The van der Waals surface area contributed by atoms with Crippen molar-refractivity contribution < 1.29 is 14.3 Å². The van der Waals surface area contributed by atoms with Gasteiger partial charge in [-0.1, -0.05) is 41.4 Å². The molecule has 3 heterocycles. The van der Waals surface area contributed by atoms with Crippen molar-refractivity contribution in [3.05, 3.63) is 104 Å². The molecule has 1 saturated heterocycles. The fourth-order valence-electron chi connectivity index (χ4n) is 5.65. The van der Waals surface area contributed by atoms with Crippen molar-refractivity contribution in [1.82, 2.24) is 19.0 Å². The lowest BCUT2D eigenvalue weighted by atomic mass is 10.1. The number of imidazole rings is 1. The molecule has 0 aliphatic carbocycles. The molecule has 1 N–H and O–H groups in total. The van der Waals surface area contributed by atoms with Crippen molar-refractivity contribution in [2.75, 3.05) is 31.1 Å². The molecule has 0 saturated carbocycles. The zero-order valence-electron chi connectivity index (χ0n) is 22.9. The van der Waals surface area contributed by atoms with Gasteiger partial charge in [0, 0.05) is 54.4 Å². The van der Waals surface area contributed by atoms with E-state index in [1.807, 2.05) is 48.2 Å². The number of aromatic carboxylic acids is 1. The van der Waals surface area contributed by atoms with Gasteiger partial charge in [0.05, 0.1) is 35.3 Å². The second kappa shape index (κ2) is 11.4. The smallest absolute Gasteiger partial charge is 0.341 e. The van der Waals surface area contributed by atoms with Gasteiger partial charge in [0.25, 0.3) is 0 Å². The summed E-state index contributed by atoms with van der Waals surface area (Å²) in [5.41, 5.74) is 2.74. The van der Waals surface area contributed by atoms with E-state index in [4.69, 9.17) is 28.2 Å². The number of para-hydroxylation sites is 2. The standard InChI is InChI=1S/C31H28Cl2FN5O3/c1-2-37-17-22(31(41)42)30(40)21-14-24(34)28(15-27(21)37)38-11-9-36(10-12-38)18-29-35-25-5-3-4-6-26(25)39(29)16-19-7-8-20(32)13-23(19)33/h3-8,13-15,17H,2,9-12,16,18H2,1H3,(H,41,42). The summed E-state index contributed by atoms with van der Waals surface area (Å²) in [6.07, 6.45) is 1.33. The molecule has 8 nitrogen and oxygen atoms in total. The third-order valence-electron chi connectivity index (χ3n) is 7.88. The largest absolute Gasteiger partial charge is 0.477 e. The van der Waals surface area contributed by atoms with Crippen molar-refractivity contribution in [3.63, 3.8) is 0 Å². The summed E-state index contributed by atoms with van der Waals surface area (Å²) < 4.78 is 19.2. The maximum atomic E-state index is 15.3. The number of hydrogen-bond acceptors (Lipinski definition) is 5. The quantitative estimate of drug-likeness (QED) is 0.248. The molecule has 11 heteroatoms. The number of carboxylic acids is 1. The van der Waals surface area contributed by atoms with Gasteiger partial charge in [0.15, 0.2) is 0 Å². The maximum Gasteiger partial charge on any atom is 0.341 e. The predicted molar refractivity (Wildman–Crippen MR) is 164 cm³/mol. The van der Waals surface area contributed by atoms with Crippen LogP contribution >= 0.6 is 23.2 Å². The lowest BCUT2D eigenvalue weighted by Crippen LogP contribution is -2.46. The van der Waals surface area contributed by atoms with E-state index in [0.29, 0.717) is 67.1 Å². The third-order valence-corrected chi connectivity index (χ3v) is 8.46. The van der Waals surface area contributed by atoms with E-state index in [2.05, 4.69) is 9.47 Å². The van der Waals surface area contributed by atoms with Gasteiger partial charge >= 0.3 is 5.97 Å². The first-order valence-electron chi connectivity index (χ1n) is 13.7. The van der Waals surface area contributed by atoms with E-state index in [9.17, 15) is 14.7 Å². The lowest BCUT2D eigenvalue weighted by molar-refractivity contribution is 0.0695. The number of aromatic nitrogens is 3. The molecule has 0 radical (unpaired) electrons. The first-order chi connectivity index (χ1) is 20.2. The summed E-state index contributed by atoms with van der Waals surface area (Å²) in [5.74, 6) is -0.955. The molecule has 0 spiro atoms. The minimum absolute atomic E-state index is 0.0660. The molecule has 0 bridgehead atoms. The molecule has 2 aromatic heterocycles. The summed E-state index contributed by atoms with van der Waals surface area (Å²) in [6.45, 7) is 5.98. The minimum Gasteiger partial charge on any atom is -0.477 e. The van der Waals surface area contributed by atoms with Crippen LogP contribution in [0.1, 0.15) is 28.7 Å². The van der Waals surface area contributed by atoms with Gasteiger partial charge in [0.1, 0.15) is 17.2 Å². The Labute approximate surface area is 251 Å². The number of pyridine rings is 1. The molecule has 3 aromatic carbocycles. The summed E-state index contributed by atoms with van der Waals surface area (Å²) in [5, 5.41) is 10.7. The lowest BCUT2D eigenvalue weighted by Gasteiger charge is -2.36. The molecule has 42 heavy (non-hydrogen) atoms. The fraction of sp³-hybridized carbons (Fsp3) is 0.258. The highest BCUT2D eigenvalue weighted by Gasteiger charge is 2.24. The zero-order valence-corrected chi connectivity index (χ0v) is 24.4. The van der Waals surface area contributed by atoms with Crippen molar-refractivity contribution in [3.8, 4) is 0 Å². The van der Waals surface area contributed by atoms with E-state index < -0.39 is 17.2 Å². The summed E-state index contributed by atoms with van der Waals surface area (Å²) in [4.78, 5) is 33.5. The highest BCUT2D eigenvalue weighted by molar-refractivity contribution is 6.35. The number of hydrogen-bond donors (Lipinski definition) is 1. The molecular formula is C31H28Cl2FN5O3. The Morgan fingerprint density at radius 1 is 1.00 bits per heavy atom. The van der Waals surface area contributed by atoms with Crippen molar-refractivity contribution in [2.24, 2.45) is 0 Å². The van der Waals surface area contributed by atoms with E-state index in [1.54, 1.807) is 16.7 Å². The van der Waals surface area contributed by atoms with Gasteiger partial charge in [-0.15, -0.1) is 0 Å². The number of anilines is 1. The molecule has 1 aliphatic heterocycles. The first kappa shape index (κ1) is 28.2. The number of benzene rings is 3. The number of carboxylic acid groups (broad SMARTS) is 1. The van der Waals surface area contributed by atoms with Gasteiger partial charge < -0.3 is 19.1 Å². The molecule has 1 aliphatic rings. The number of halogens is 3. The van der Waals surface area contributed by atoms with Crippen molar-refractivity contribution in [2.45, 2.75) is 26.6 Å². The molecule has 5 aromatic rings. The fourth-order valence-corrected chi connectivity index (χ4v) is 6.11. The number of aryl methyl sites for hydroxylation is 1. The van der Waals surface area contributed by atoms with Crippen LogP contribution in [0.25, 0.3) is 21.9 Å². The van der Waals surface area contributed by atoms with Crippen LogP contribution in [0.15, 0.2) is 65.6 Å². The van der Waals surface area contributed by atoms with Crippen LogP contribution in [0.5, 0.6) is 0 Å². The summed E-state index contributed by atoms with van der Waals surface area (Å²) >= 11 is 12.6. The van der Waals surface area contributed by atoms with Crippen LogP contribution in [-0.2, 0) is 19.6 Å². The first-order valence-corrected chi connectivity index (χ1v) is 14.4. The molecular weight excluding hydrogens is 580 g/mol. The second-order valence-corrected chi connectivity index (χ2v) is 11.2. The second-order valence-electron chi connectivity index (χ2n) is 10.4. The van der Waals surface area contributed by atoms with Gasteiger partial charge in [-0.3, -0.25) is 9.69 Å². The van der Waals surface area contributed by atoms with Gasteiger partial charge in [-0.25, -0.2) is 14.2 Å². The van der Waals surface area contributed by atoms with E-state index in [0.717, 1.165) is 22.4 Å². The van der Waals surface area contributed by atoms with Crippen molar-refractivity contribution >= 4 is 56.8 Å². The molecule has 216 valence electrons. The molecule has 6 rings (SSSR count). The van der Waals surface area contributed by atoms with Gasteiger partial charge in [0.2, 0.25) is 5.43 Å². The Morgan fingerprint density at radius 2 is 1.76 bits per heavy atom. The number of rotatable bonds is 7. The highest BCUT2D eigenvalue weighted by atomic mass is 35.5. The third kappa shape index (κ3) is 5.24. The minimum atomic E-state index is -1.32. The summed E-state index contributed by atoms with van der Waals surface area (Å²) in [6, 6.07) is 16.3. The Kier molecular flexibility index (Phi) is 7.66. The van der Waals surface area contributed by atoms with E-state index in [-0.39, 0.29) is 10.9 Å². The molecule has 0 amide bonds. The topological polar surface area (TPSA) is 83.6 Å². The van der Waals surface area contributed by atoms with Crippen LogP contribution in [0.3, 0.4) is 0 Å². The Morgan fingerprint density at radius 3 is 2.48 bits per heavy atom. The molecule has 0 unspecified atom stereocenters. The molecule has 0 atom stereocenters. The van der Waals surface area contributed by atoms with Crippen LogP contribution in [0.2, 0.25) is 10.0 Å². The maximum absolute atomic E-state index is 15.3. The summed E-state index contributed by atoms with van der Waals surface area (Å²) in [7, 11) is 0.